The Morgan fingerprint density at radius 1 is 0.769 bits per heavy atom. The number of imide groups is 1. The van der Waals surface area contributed by atoms with Crippen molar-refractivity contribution in [2.45, 2.75) is 85.6 Å². The average molecular weight is 905 g/mol. The summed E-state index contributed by atoms with van der Waals surface area (Å²) in [4.78, 5) is 89.4. The number of aromatic nitrogens is 1. The molecule has 2 heterocycles. The Hall–Kier alpha value is -6.50. The highest BCUT2D eigenvalue weighted by Gasteiger charge is 2.27. The number of unbranched alkanes of at least 4 members (excludes halogenated alkanes) is 2. The minimum absolute atomic E-state index is 0.271. The van der Waals surface area contributed by atoms with Gasteiger partial charge in [-0.25, -0.2) is 4.99 Å². The normalized spacial score (nSPS) is 13.3. The number of nitrogens with one attached hydrogen (secondary N) is 6. The van der Waals surface area contributed by atoms with E-state index in [1.807, 2.05) is 32.2 Å². The van der Waals surface area contributed by atoms with Gasteiger partial charge < -0.3 is 51.7 Å². The second-order valence-electron chi connectivity index (χ2n) is 17.2. The molecule has 1 aromatic carbocycles. The van der Waals surface area contributed by atoms with Crippen LogP contribution in [0.25, 0.3) is 12.4 Å². The molecule has 19 nitrogen and oxygen atoms in total. The summed E-state index contributed by atoms with van der Waals surface area (Å²) in [5, 5.41) is 17.3. The van der Waals surface area contributed by atoms with Crippen molar-refractivity contribution < 1.29 is 43.0 Å². The van der Waals surface area contributed by atoms with Crippen molar-refractivity contribution in [1.82, 2.24) is 41.4 Å². The average Bonchev–Trinajstić information content (AvgIpc) is 3.78. The van der Waals surface area contributed by atoms with Crippen molar-refractivity contribution in [2.75, 3.05) is 66.1 Å². The van der Waals surface area contributed by atoms with Crippen LogP contribution >= 0.6 is 0 Å². The van der Waals surface area contributed by atoms with Crippen LogP contribution in [0.3, 0.4) is 0 Å². The SMILES string of the molecule is C=c1ccn(Cc2ccc(C(C)(C)COCC(C)(C)CNC(=O)CNC(=O)CNC(=O)CNC(=O)CNC(=O)CN3C(=O)C=CC3=O)cc2OC)/c1=C(/N=C(/N)CCC)NCCCCC. The van der Waals surface area contributed by atoms with E-state index < -0.39 is 72.9 Å². The van der Waals surface area contributed by atoms with Crippen molar-refractivity contribution in [3.8, 4) is 5.75 Å². The van der Waals surface area contributed by atoms with Crippen LogP contribution in [0.5, 0.6) is 5.75 Å². The third-order valence-corrected chi connectivity index (χ3v) is 10.2. The highest BCUT2D eigenvalue weighted by atomic mass is 16.5. The quantitative estimate of drug-likeness (QED) is 0.0255. The molecule has 7 amide bonds. The van der Waals surface area contributed by atoms with Gasteiger partial charge in [-0.05, 0) is 35.8 Å². The molecule has 2 aromatic rings. The first-order valence-electron chi connectivity index (χ1n) is 21.9. The molecule has 0 spiro atoms. The van der Waals surface area contributed by atoms with Crippen molar-refractivity contribution in [1.29, 1.82) is 0 Å². The molecule has 65 heavy (non-hydrogen) atoms. The molecule has 0 atom stereocenters. The molecule has 0 unspecified atom stereocenters. The summed E-state index contributed by atoms with van der Waals surface area (Å²) >= 11 is 0. The summed E-state index contributed by atoms with van der Waals surface area (Å²) in [6.07, 6.45) is 8.91. The number of rotatable bonds is 28. The van der Waals surface area contributed by atoms with Crippen LogP contribution in [0.4, 0.5) is 0 Å². The number of ether oxygens (including phenoxy) is 2. The molecule has 0 fully saturated rings. The molecular weight excluding hydrogens is 837 g/mol. The van der Waals surface area contributed by atoms with Gasteiger partial charge in [-0.15, -0.1) is 0 Å². The number of hydrogen-bond acceptors (Lipinski definition) is 11. The fraction of sp³-hybridized carbons (Fsp3) is 0.522. The van der Waals surface area contributed by atoms with Gasteiger partial charge >= 0.3 is 0 Å². The van der Waals surface area contributed by atoms with E-state index >= 15 is 0 Å². The third-order valence-electron chi connectivity index (χ3n) is 10.2. The van der Waals surface area contributed by atoms with Gasteiger partial charge in [0.25, 0.3) is 11.8 Å². The van der Waals surface area contributed by atoms with Crippen LogP contribution in [0.1, 0.15) is 84.8 Å². The molecule has 0 radical (unpaired) electrons. The number of aliphatic imine (C=N–C) groups is 1. The fourth-order valence-electron chi connectivity index (χ4n) is 6.44. The molecular formula is C46H68N10O9. The minimum atomic E-state index is -0.741. The van der Waals surface area contributed by atoms with E-state index in [0.717, 1.165) is 71.8 Å². The maximum absolute atomic E-state index is 12.6. The zero-order valence-corrected chi connectivity index (χ0v) is 38.9. The molecule has 8 N–H and O–H groups in total. The predicted molar refractivity (Wildman–Crippen MR) is 247 cm³/mol. The van der Waals surface area contributed by atoms with Gasteiger partial charge in [-0.2, -0.15) is 0 Å². The lowest BCUT2D eigenvalue weighted by Crippen LogP contribution is -2.47. The Labute approximate surface area is 381 Å². The maximum atomic E-state index is 12.6. The fourth-order valence-corrected chi connectivity index (χ4v) is 6.44. The Morgan fingerprint density at radius 2 is 1.35 bits per heavy atom. The second-order valence-corrected chi connectivity index (χ2v) is 17.2. The highest BCUT2D eigenvalue weighted by Crippen LogP contribution is 2.30. The summed E-state index contributed by atoms with van der Waals surface area (Å²) < 4.78 is 14.2. The van der Waals surface area contributed by atoms with Crippen LogP contribution in [-0.2, 0) is 50.3 Å². The molecule has 1 aliphatic rings. The molecule has 0 bridgehead atoms. The van der Waals surface area contributed by atoms with E-state index in [0.29, 0.717) is 42.7 Å². The number of nitrogens with two attached hydrogens (primary N) is 1. The van der Waals surface area contributed by atoms with E-state index in [2.05, 4.69) is 82.9 Å². The zero-order chi connectivity index (χ0) is 48.2. The lowest BCUT2D eigenvalue weighted by atomic mass is 9.84. The summed E-state index contributed by atoms with van der Waals surface area (Å²) in [5.74, 6) is -2.45. The molecule has 19 heteroatoms. The first-order valence-corrected chi connectivity index (χ1v) is 21.9. The molecule has 0 saturated carbocycles. The summed E-state index contributed by atoms with van der Waals surface area (Å²) in [6.45, 7) is 16.6. The Balaban J connectivity index is 1.43. The largest absolute Gasteiger partial charge is 0.496 e. The number of hydrogen-bond donors (Lipinski definition) is 7. The number of amides is 7. The molecule has 1 aromatic heterocycles. The van der Waals surface area contributed by atoms with E-state index in [9.17, 15) is 33.6 Å². The smallest absolute Gasteiger partial charge is 0.254 e. The van der Waals surface area contributed by atoms with Crippen molar-refractivity contribution >= 4 is 59.6 Å². The predicted octanol–water partition coefficient (Wildman–Crippen LogP) is -0.215. The Kier molecular flexibility index (Phi) is 20.9. The standard InChI is InChI=1S/C46H68N10O9/c1-9-11-12-19-48-44(54-35(47)13-10-2)43-31(3)18-20-55(43)26-32-14-15-33(21-34(32)64-8)46(6,7)30-65-29-45(4,5)28-53-39(60)25-51-37(58)23-49-36(57)22-50-38(59)24-52-40(61)27-56-41(62)16-17-42(56)63/h14-18,20-21,48H,3,9-13,19,22-30H2,1-2,4-8H3,(H2,47,54)(H,49,57)(H,50,59)(H,51,58)(H,52,61)(H,53,60)/b44-43+. The summed E-state index contributed by atoms with van der Waals surface area (Å²) in [5.41, 5.74) is 7.47. The van der Waals surface area contributed by atoms with Crippen LogP contribution in [0, 0.1) is 5.41 Å². The first kappa shape index (κ1) is 52.8. The molecule has 356 valence electrons. The third kappa shape index (κ3) is 17.9. The van der Waals surface area contributed by atoms with Gasteiger partial charge in [0.05, 0.1) is 58.4 Å². The van der Waals surface area contributed by atoms with E-state index in [-0.39, 0.29) is 18.5 Å². The van der Waals surface area contributed by atoms with Crippen molar-refractivity contribution in [3.63, 3.8) is 0 Å². The van der Waals surface area contributed by atoms with Gasteiger partial charge in [0.15, 0.2) is 5.82 Å². The minimum Gasteiger partial charge on any atom is -0.496 e. The molecule has 1 aliphatic heterocycles. The van der Waals surface area contributed by atoms with Gasteiger partial charge in [-0.3, -0.25) is 38.5 Å². The van der Waals surface area contributed by atoms with E-state index in [1.165, 1.54) is 0 Å². The topological polar surface area (TPSA) is 257 Å². The van der Waals surface area contributed by atoms with Crippen molar-refractivity contribution in [3.05, 3.63) is 64.3 Å². The van der Waals surface area contributed by atoms with Crippen LogP contribution in [-0.4, -0.2) is 123 Å². The van der Waals surface area contributed by atoms with Gasteiger partial charge in [0, 0.05) is 54.3 Å². The Morgan fingerprint density at radius 3 is 1.92 bits per heavy atom. The molecule has 0 aliphatic carbocycles. The van der Waals surface area contributed by atoms with Crippen LogP contribution in [0.15, 0.2) is 47.6 Å². The van der Waals surface area contributed by atoms with Gasteiger partial charge in [-0.1, -0.05) is 73.1 Å². The van der Waals surface area contributed by atoms with Gasteiger partial charge in [0.1, 0.15) is 18.1 Å². The van der Waals surface area contributed by atoms with Crippen LogP contribution < -0.4 is 52.9 Å². The molecule has 0 saturated heterocycles. The van der Waals surface area contributed by atoms with E-state index in [4.69, 9.17) is 20.2 Å². The monoisotopic (exact) mass is 905 g/mol. The summed E-state index contributed by atoms with van der Waals surface area (Å²) in [6, 6.07) is 8.17. The highest BCUT2D eigenvalue weighted by molar-refractivity contribution is 6.14. The lowest BCUT2D eigenvalue weighted by Gasteiger charge is -2.30. The summed E-state index contributed by atoms with van der Waals surface area (Å²) in [7, 11) is 1.66. The number of methoxy groups -OCH3 is 1. The zero-order valence-electron chi connectivity index (χ0n) is 38.9. The number of benzene rings is 1. The van der Waals surface area contributed by atoms with Crippen LogP contribution in [0.2, 0.25) is 0 Å². The van der Waals surface area contributed by atoms with Gasteiger partial charge in [0.2, 0.25) is 29.5 Å². The lowest BCUT2D eigenvalue weighted by molar-refractivity contribution is -0.141. The number of carbonyl (C=O) groups excluding carboxylic acids is 7. The molecule has 3 rings (SSSR count). The first-order chi connectivity index (χ1) is 30.8. The number of carbonyl (C=O) groups is 7. The Bertz CT molecular complexity index is 2180. The number of amidine groups is 1. The van der Waals surface area contributed by atoms with Crippen molar-refractivity contribution in [2.24, 2.45) is 16.1 Å². The number of nitrogens with zero attached hydrogens (tertiary/aromatic N) is 3. The van der Waals surface area contributed by atoms with E-state index in [1.54, 1.807) is 7.11 Å². The maximum Gasteiger partial charge on any atom is 0.254 e. The second kappa shape index (κ2) is 25.7.